The van der Waals surface area contributed by atoms with Gasteiger partial charge >= 0.3 is 0 Å². The monoisotopic (exact) mass is 590 g/mol. The Hall–Kier alpha value is -6.36. The minimum absolute atomic E-state index is 0.532. The quantitative estimate of drug-likeness (QED) is 0.137. The summed E-state index contributed by atoms with van der Waals surface area (Å²) in [6.07, 6.45) is 0. The minimum Gasteiger partial charge on any atom is -0.261 e. The third-order valence-electron chi connectivity index (χ3n) is 7.82. The average molecular weight is 591 g/mol. The first-order valence-corrected chi connectivity index (χ1v) is 15.1. The molecule has 0 atom stereocenters. The Labute approximate surface area is 269 Å². The SMILES string of the molecule is C/C(=N\C(=N/Cc1ccccc1)c1ccccc1)c1cc(-c2ccc(C#N)cc2)cc(-c2ccc(-c3ccc(C#N)cc3)cc2)c1. The largest absolute Gasteiger partial charge is 0.261 e. The van der Waals surface area contributed by atoms with E-state index < -0.39 is 0 Å². The van der Waals surface area contributed by atoms with Crippen molar-refractivity contribution in [3.63, 3.8) is 0 Å². The zero-order valence-corrected chi connectivity index (χ0v) is 25.4. The van der Waals surface area contributed by atoms with Crippen LogP contribution in [0, 0.1) is 22.7 Å². The van der Waals surface area contributed by atoms with E-state index in [1.54, 1.807) is 0 Å². The van der Waals surface area contributed by atoms with Crippen LogP contribution in [0.25, 0.3) is 33.4 Å². The van der Waals surface area contributed by atoms with Gasteiger partial charge in [0.05, 0.1) is 29.8 Å². The van der Waals surface area contributed by atoms with Crippen LogP contribution in [0.1, 0.15) is 34.7 Å². The molecule has 0 N–H and O–H groups in total. The van der Waals surface area contributed by atoms with E-state index in [1.165, 1.54) is 0 Å². The fourth-order valence-corrected chi connectivity index (χ4v) is 5.25. The molecule has 0 amide bonds. The smallest absolute Gasteiger partial charge is 0.155 e. The highest BCUT2D eigenvalue weighted by molar-refractivity contribution is 6.12. The molecule has 6 rings (SSSR count). The van der Waals surface area contributed by atoms with Crippen molar-refractivity contribution in [3.05, 3.63) is 179 Å². The van der Waals surface area contributed by atoms with Crippen LogP contribution in [0.2, 0.25) is 0 Å². The van der Waals surface area contributed by atoms with Crippen LogP contribution >= 0.6 is 0 Å². The lowest BCUT2D eigenvalue weighted by Crippen LogP contribution is -2.05. The average Bonchev–Trinajstić information content (AvgIpc) is 3.14. The van der Waals surface area contributed by atoms with Crippen molar-refractivity contribution < 1.29 is 0 Å². The number of rotatable bonds is 7. The van der Waals surface area contributed by atoms with Gasteiger partial charge in [-0.05, 0) is 93.9 Å². The Balaban J connectivity index is 1.41. The lowest BCUT2D eigenvalue weighted by Gasteiger charge is -2.12. The maximum absolute atomic E-state index is 9.34. The van der Waals surface area contributed by atoms with E-state index >= 15 is 0 Å². The molecule has 0 heterocycles. The topological polar surface area (TPSA) is 72.3 Å². The zero-order valence-electron chi connectivity index (χ0n) is 25.4. The van der Waals surface area contributed by atoms with Crippen LogP contribution in [0.4, 0.5) is 0 Å². The predicted molar refractivity (Wildman–Crippen MR) is 188 cm³/mol. The maximum Gasteiger partial charge on any atom is 0.155 e. The van der Waals surface area contributed by atoms with Crippen LogP contribution in [-0.4, -0.2) is 11.5 Å². The van der Waals surface area contributed by atoms with Crippen molar-refractivity contribution in [1.29, 1.82) is 10.5 Å². The van der Waals surface area contributed by atoms with Gasteiger partial charge in [-0.3, -0.25) is 4.99 Å². The molecule has 218 valence electrons. The summed E-state index contributed by atoms with van der Waals surface area (Å²) < 4.78 is 0. The second kappa shape index (κ2) is 14.0. The molecule has 4 heteroatoms. The first-order valence-electron chi connectivity index (χ1n) is 15.1. The summed E-state index contributed by atoms with van der Waals surface area (Å²) in [5, 5.41) is 18.5. The molecular formula is C42H30N4. The number of nitrogens with zero attached hydrogens (tertiary/aromatic N) is 4. The van der Waals surface area contributed by atoms with Crippen LogP contribution in [0.5, 0.6) is 0 Å². The van der Waals surface area contributed by atoms with E-state index in [1.807, 2.05) is 104 Å². The predicted octanol–water partition coefficient (Wildman–Crippen LogP) is 9.89. The van der Waals surface area contributed by atoms with Crippen molar-refractivity contribution in [2.75, 3.05) is 0 Å². The van der Waals surface area contributed by atoms with Gasteiger partial charge in [-0.15, -0.1) is 0 Å². The Morgan fingerprint density at radius 1 is 0.500 bits per heavy atom. The number of amidine groups is 1. The van der Waals surface area contributed by atoms with Gasteiger partial charge < -0.3 is 0 Å². The molecule has 0 aliphatic carbocycles. The Morgan fingerprint density at radius 2 is 0.935 bits per heavy atom. The standard InChI is InChI=1S/C42H30N4/c1-30(46-42(38-10-6-3-7-11-38)45-29-33-8-4-2-5-9-33)39-24-40(36-18-14-32(28-44)15-19-36)26-41(25-39)37-22-20-35(21-23-37)34-16-12-31(27-43)13-17-34/h2-26H,29H2,1H3/b45-42-,46-30+. The maximum atomic E-state index is 9.34. The molecule has 0 unspecified atom stereocenters. The summed E-state index contributed by atoms with van der Waals surface area (Å²) in [7, 11) is 0. The van der Waals surface area contributed by atoms with Crippen molar-refractivity contribution in [1.82, 2.24) is 0 Å². The van der Waals surface area contributed by atoms with Gasteiger partial charge in [-0.25, -0.2) is 4.99 Å². The Morgan fingerprint density at radius 3 is 1.41 bits per heavy atom. The zero-order chi connectivity index (χ0) is 31.7. The van der Waals surface area contributed by atoms with Gasteiger partial charge in [0, 0.05) is 11.3 Å². The minimum atomic E-state index is 0.532. The van der Waals surface area contributed by atoms with Gasteiger partial charge in [-0.2, -0.15) is 10.5 Å². The molecule has 6 aromatic rings. The normalized spacial score (nSPS) is 11.5. The molecule has 0 aliphatic heterocycles. The second-order valence-corrected chi connectivity index (χ2v) is 10.9. The lowest BCUT2D eigenvalue weighted by atomic mass is 9.93. The van der Waals surface area contributed by atoms with Crippen LogP contribution < -0.4 is 0 Å². The summed E-state index contributed by atoms with van der Waals surface area (Å²) in [5.41, 5.74) is 11.5. The van der Waals surface area contributed by atoms with E-state index in [-0.39, 0.29) is 0 Å². The molecule has 0 fully saturated rings. The highest BCUT2D eigenvalue weighted by atomic mass is 14.9. The van der Waals surface area contributed by atoms with Gasteiger partial charge in [0.25, 0.3) is 0 Å². The molecule has 0 aliphatic rings. The van der Waals surface area contributed by atoms with E-state index in [9.17, 15) is 5.26 Å². The molecule has 4 nitrogen and oxygen atoms in total. The van der Waals surface area contributed by atoms with Gasteiger partial charge in [0.15, 0.2) is 5.84 Å². The summed E-state index contributed by atoms with van der Waals surface area (Å²) in [4.78, 5) is 10.0. The van der Waals surface area contributed by atoms with Crippen LogP contribution in [-0.2, 0) is 6.54 Å². The lowest BCUT2D eigenvalue weighted by molar-refractivity contribution is 1.06. The molecule has 0 aromatic heterocycles. The second-order valence-electron chi connectivity index (χ2n) is 10.9. The fraction of sp³-hybridized carbons (Fsp3) is 0.0476. The van der Waals surface area contributed by atoms with Crippen molar-refractivity contribution in [2.45, 2.75) is 13.5 Å². The Kier molecular flexibility index (Phi) is 9.01. The third-order valence-corrected chi connectivity index (χ3v) is 7.82. The van der Waals surface area contributed by atoms with E-state index in [0.29, 0.717) is 23.5 Å². The molecule has 0 saturated heterocycles. The molecule has 46 heavy (non-hydrogen) atoms. The van der Waals surface area contributed by atoms with Crippen LogP contribution in [0.3, 0.4) is 0 Å². The van der Waals surface area contributed by atoms with Gasteiger partial charge in [0.1, 0.15) is 0 Å². The van der Waals surface area contributed by atoms with Gasteiger partial charge in [0.2, 0.25) is 0 Å². The van der Waals surface area contributed by atoms with E-state index in [0.717, 1.165) is 55.8 Å². The highest BCUT2D eigenvalue weighted by Crippen LogP contribution is 2.31. The summed E-state index contributed by atoms with van der Waals surface area (Å²) >= 11 is 0. The Bertz CT molecular complexity index is 2100. The molecule has 0 spiro atoms. The van der Waals surface area contributed by atoms with Crippen molar-refractivity contribution in [2.24, 2.45) is 9.98 Å². The number of hydrogen-bond acceptors (Lipinski definition) is 3. The molecule has 0 bridgehead atoms. The number of nitriles is 2. The first-order chi connectivity index (χ1) is 22.6. The molecule has 0 radical (unpaired) electrons. The highest BCUT2D eigenvalue weighted by Gasteiger charge is 2.11. The van der Waals surface area contributed by atoms with Crippen molar-refractivity contribution in [3.8, 4) is 45.5 Å². The van der Waals surface area contributed by atoms with Crippen LogP contribution in [0.15, 0.2) is 162 Å². The summed E-state index contributed by atoms with van der Waals surface area (Å²) in [6.45, 7) is 2.56. The molecule has 0 saturated carbocycles. The summed E-state index contributed by atoms with van der Waals surface area (Å²) in [6, 6.07) is 54.9. The van der Waals surface area contributed by atoms with E-state index in [2.05, 4.69) is 66.7 Å². The van der Waals surface area contributed by atoms with Gasteiger partial charge in [-0.1, -0.05) is 109 Å². The number of benzene rings is 6. The summed E-state index contributed by atoms with van der Waals surface area (Å²) in [5.74, 6) is 0.680. The first kappa shape index (κ1) is 29.7. The molecular weight excluding hydrogens is 560 g/mol. The third kappa shape index (κ3) is 7.05. The fourth-order valence-electron chi connectivity index (χ4n) is 5.25. The number of aliphatic imine (C=N–C) groups is 2. The molecule has 6 aromatic carbocycles. The van der Waals surface area contributed by atoms with Crippen molar-refractivity contribution >= 4 is 11.5 Å². The van der Waals surface area contributed by atoms with E-state index in [4.69, 9.17) is 15.2 Å². The number of hydrogen-bond donors (Lipinski definition) is 0.